The molecule has 0 saturated heterocycles. The Morgan fingerprint density at radius 2 is 1.89 bits per heavy atom. The molecule has 1 unspecified atom stereocenters. The minimum Gasteiger partial charge on any atom is -0.324 e. The second-order valence-electron chi connectivity index (χ2n) is 4.53. The highest BCUT2D eigenvalue weighted by Crippen LogP contribution is 2.19. The maximum Gasteiger partial charge on any atom is 0.241 e. The van der Waals surface area contributed by atoms with E-state index in [1.165, 1.54) is 0 Å². The molecule has 0 spiro atoms. The Hall–Kier alpha value is -1.87. The maximum atomic E-state index is 12.3. The first-order valence-electron chi connectivity index (χ1n) is 6.42. The Morgan fingerprint density at radius 1 is 1.26 bits per heavy atom. The normalized spacial score (nSPS) is 11.7. The second-order valence-corrected chi connectivity index (χ2v) is 4.53. The summed E-state index contributed by atoms with van der Waals surface area (Å²) in [5.41, 5.74) is 3.02. The van der Waals surface area contributed by atoms with Crippen LogP contribution < -0.4 is 10.6 Å². The van der Waals surface area contributed by atoms with Gasteiger partial charge < -0.3 is 10.6 Å². The highest BCUT2D eigenvalue weighted by molar-refractivity contribution is 5.96. The molecule has 3 nitrogen and oxygen atoms in total. The van der Waals surface area contributed by atoms with Crippen LogP contribution in [-0.4, -0.2) is 18.5 Å². The van der Waals surface area contributed by atoms with Gasteiger partial charge in [-0.05, 0) is 31.4 Å². The van der Waals surface area contributed by atoms with Gasteiger partial charge in [-0.15, -0.1) is 13.2 Å². The molecule has 1 aromatic rings. The molecule has 0 aromatic heterocycles. The Balaban J connectivity index is 2.80. The molecule has 0 aliphatic rings. The van der Waals surface area contributed by atoms with Crippen molar-refractivity contribution in [3.8, 4) is 0 Å². The molecule has 3 heteroatoms. The number of nitrogens with one attached hydrogen (secondary N) is 2. The van der Waals surface area contributed by atoms with Crippen LogP contribution in [0.1, 0.15) is 17.5 Å². The van der Waals surface area contributed by atoms with Crippen LogP contribution in [0.5, 0.6) is 0 Å². The SMILES string of the molecule is C=CCNC(CC=C)C(=O)Nc1c(C)cccc1C. The monoisotopic (exact) mass is 258 g/mol. The number of hydrogen-bond donors (Lipinski definition) is 2. The number of benzene rings is 1. The van der Waals surface area contributed by atoms with E-state index in [-0.39, 0.29) is 11.9 Å². The van der Waals surface area contributed by atoms with Crippen LogP contribution in [0.3, 0.4) is 0 Å². The average Bonchev–Trinajstić information content (AvgIpc) is 2.38. The Morgan fingerprint density at radius 3 is 2.42 bits per heavy atom. The number of carbonyl (C=O) groups excluding carboxylic acids is 1. The third kappa shape index (κ3) is 4.38. The lowest BCUT2D eigenvalue weighted by Crippen LogP contribution is -2.40. The van der Waals surface area contributed by atoms with Gasteiger partial charge in [0.15, 0.2) is 0 Å². The summed E-state index contributed by atoms with van der Waals surface area (Å²) in [6, 6.07) is 5.68. The van der Waals surface area contributed by atoms with E-state index in [2.05, 4.69) is 23.8 Å². The highest BCUT2D eigenvalue weighted by Gasteiger charge is 2.17. The average molecular weight is 258 g/mol. The zero-order valence-corrected chi connectivity index (χ0v) is 11.7. The van der Waals surface area contributed by atoms with E-state index in [0.717, 1.165) is 16.8 Å². The predicted octanol–water partition coefficient (Wildman–Crippen LogP) is 2.96. The zero-order chi connectivity index (χ0) is 14.3. The van der Waals surface area contributed by atoms with Gasteiger partial charge in [0, 0.05) is 12.2 Å². The van der Waals surface area contributed by atoms with E-state index in [1.54, 1.807) is 12.2 Å². The van der Waals surface area contributed by atoms with Crippen molar-refractivity contribution < 1.29 is 4.79 Å². The van der Waals surface area contributed by atoms with Gasteiger partial charge in [0.05, 0.1) is 6.04 Å². The molecule has 0 heterocycles. The largest absolute Gasteiger partial charge is 0.324 e. The predicted molar refractivity (Wildman–Crippen MR) is 81.3 cm³/mol. The first-order chi connectivity index (χ1) is 9.10. The molecule has 0 aliphatic carbocycles. The lowest BCUT2D eigenvalue weighted by molar-refractivity contribution is -0.118. The first-order valence-corrected chi connectivity index (χ1v) is 6.42. The maximum absolute atomic E-state index is 12.3. The Kier molecular flexibility index (Phi) is 6.03. The van der Waals surface area contributed by atoms with E-state index in [4.69, 9.17) is 0 Å². The molecule has 1 aromatic carbocycles. The molecule has 19 heavy (non-hydrogen) atoms. The second kappa shape index (κ2) is 7.54. The molecule has 1 amide bonds. The van der Waals surface area contributed by atoms with Gasteiger partial charge in [0.25, 0.3) is 0 Å². The number of anilines is 1. The Labute approximate surface area is 115 Å². The van der Waals surface area contributed by atoms with Gasteiger partial charge in [0.1, 0.15) is 0 Å². The highest BCUT2D eigenvalue weighted by atomic mass is 16.2. The molecule has 0 saturated carbocycles. The smallest absolute Gasteiger partial charge is 0.241 e. The lowest BCUT2D eigenvalue weighted by atomic mass is 10.1. The minimum atomic E-state index is -0.283. The van der Waals surface area contributed by atoms with Gasteiger partial charge in [-0.3, -0.25) is 4.79 Å². The van der Waals surface area contributed by atoms with Gasteiger partial charge >= 0.3 is 0 Å². The van der Waals surface area contributed by atoms with Crippen LogP contribution in [0.4, 0.5) is 5.69 Å². The molecule has 1 rings (SSSR count). The van der Waals surface area contributed by atoms with Crippen LogP contribution in [0.15, 0.2) is 43.5 Å². The van der Waals surface area contributed by atoms with Crippen molar-refractivity contribution >= 4 is 11.6 Å². The van der Waals surface area contributed by atoms with Crippen LogP contribution in [0.2, 0.25) is 0 Å². The summed E-state index contributed by atoms with van der Waals surface area (Å²) < 4.78 is 0. The van der Waals surface area contributed by atoms with Crippen molar-refractivity contribution in [2.75, 3.05) is 11.9 Å². The number of rotatable bonds is 7. The van der Waals surface area contributed by atoms with Crippen molar-refractivity contribution in [3.05, 3.63) is 54.6 Å². The number of hydrogen-bond acceptors (Lipinski definition) is 2. The third-order valence-corrected chi connectivity index (χ3v) is 2.96. The number of aryl methyl sites for hydroxylation is 2. The van der Waals surface area contributed by atoms with Crippen molar-refractivity contribution in [1.29, 1.82) is 0 Å². The van der Waals surface area contributed by atoms with Gasteiger partial charge in [-0.1, -0.05) is 30.4 Å². The van der Waals surface area contributed by atoms with Crippen LogP contribution in [-0.2, 0) is 4.79 Å². The van der Waals surface area contributed by atoms with Crippen molar-refractivity contribution in [3.63, 3.8) is 0 Å². The van der Waals surface area contributed by atoms with Crippen LogP contribution in [0, 0.1) is 13.8 Å². The van der Waals surface area contributed by atoms with Gasteiger partial charge in [-0.2, -0.15) is 0 Å². The van der Waals surface area contributed by atoms with E-state index < -0.39 is 0 Å². The minimum absolute atomic E-state index is 0.0425. The molecule has 0 bridgehead atoms. The van der Waals surface area contributed by atoms with Gasteiger partial charge in [0.2, 0.25) is 5.91 Å². The number of amides is 1. The summed E-state index contributed by atoms with van der Waals surface area (Å²) >= 11 is 0. The summed E-state index contributed by atoms with van der Waals surface area (Å²) in [5.74, 6) is -0.0425. The number of para-hydroxylation sites is 1. The third-order valence-electron chi connectivity index (χ3n) is 2.96. The standard InChI is InChI=1S/C16H22N2O/c1-5-8-14(17-11-6-2)16(19)18-15-12(3)9-7-10-13(15)4/h5-7,9-10,14,17H,1-2,8,11H2,3-4H3,(H,18,19). The van der Waals surface area contributed by atoms with Gasteiger partial charge in [-0.25, -0.2) is 0 Å². The molecule has 0 aliphatic heterocycles. The molecule has 0 fully saturated rings. The fourth-order valence-corrected chi connectivity index (χ4v) is 1.90. The molecule has 1 atom stereocenters. The first kappa shape index (κ1) is 15.2. The quantitative estimate of drug-likeness (QED) is 0.738. The van der Waals surface area contributed by atoms with Crippen LogP contribution >= 0.6 is 0 Å². The molecular formula is C16H22N2O. The Bertz CT molecular complexity index is 446. The van der Waals surface area contributed by atoms with Crippen molar-refractivity contribution in [2.45, 2.75) is 26.3 Å². The summed E-state index contributed by atoms with van der Waals surface area (Å²) in [5, 5.41) is 6.12. The molecule has 2 N–H and O–H groups in total. The fraction of sp³-hybridized carbons (Fsp3) is 0.312. The molecule has 102 valence electrons. The van der Waals surface area contributed by atoms with E-state index >= 15 is 0 Å². The summed E-state index contributed by atoms with van der Waals surface area (Å²) in [7, 11) is 0. The van der Waals surface area contributed by atoms with E-state index in [1.807, 2.05) is 32.0 Å². The van der Waals surface area contributed by atoms with E-state index in [9.17, 15) is 4.79 Å². The van der Waals surface area contributed by atoms with Crippen LogP contribution in [0.25, 0.3) is 0 Å². The lowest BCUT2D eigenvalue weighted by Gasteiger charge is -2.18. The number of carbonyl (C=O) groups is 1. The molecular weight excluding hydrogens is 236 g/mol. The van der Waals surface area contributed by atoms with Crippen molar-refractivity contribution in [1.82, 2.24) is 5.32 Å². The zero-order valence-electron chi connectivity index (χ0n) is 11.7. The van der Waals surface area contributed by atoms with E-state index in [0.29, 0.717) is 13.0 Å². The molecule has 0 radical (unpaired) electrons. The fourth-order valence-electron chi connectivity index (χ4n) is 1.90. The topological polar surface area (TPSA) is 41.1 Å². The summed E-state index contributed by atoms with van der Waals surface area (Å²) in [4.78, 5) is 12.3. The summed E-state index contributed by atoms with van der Waals surface area (Å²) in [6.45, 7) is 11.9. The summed E-state index contributed by atoms with van der Waals surface area (Å²) in [6.07, 6.45) is 4.07. The van der Waals surface area contributed by atoms with Crippen molar-refractivity contribution in [2.24, 2.45) is 0 Å².